The number of pyridine rings is 1. The fraction of sp³-hybridized carbons (Fsp3) is 0.200. The molecule has 0 aliphatic heterocycles. The summed E-state index contributed by atoms with van der Waals surface area (Å²) in [5.41, 5.74) is 6.49. The summed E-state index contributed by atoms with van der Waals surface area (Å²) in [6.07, 6.45) is 3.48. The van der Waals surface area contributed by atoms with Gasteiger partial charge in [-0.2, -0.15) is 5.10 Å². The summed E-state index contributed by atoms with van der Waals surface area (Å²) in [7, 11) is 0. The topological polar surface area (TPSA) is 99.3 Å². The third-order valence-electron chi connectivity index (χ3n) is 5.76. The number of imidazole rings is 1. The van der Waals surface area contributed by atoms with E-state index in [0.717, 1.165) is 33.2 Å². The van der Waals surface area contributed by atoms with Gasteiger partial charge in [0.05, 0.1) is 22.6 Å². The van der Waals surface area contributed by atoms with Crippen LogP contribution in [0.2, 0.25) is 0 Å². The van der Waals surface area contributed by atoms with E-state index in [4.69, 9.17) is 0 Å². The van der Waals surface area contributed by atoms with Crippen LogP contribution in [0.1, 0.15) is 54.5 Å². The van der Waals surface area contributed by atoms with Crippen molar-refractivity contribution in [3.8, 4) is 11.3 Å². The molecular formula is C25H24N6O. The highest BCUT2D eigenvalue weighted by Crippen LogP contribution is 2.29. The third-order valence-corrected chi connectivity index (χ3v) is 5.76. The van der Waals surface area contributed by atoms with Crippen LogP contribution in [0.4, 0.5) is 0 Å². The van der Waals surface area contributed by atoms with Crippen molar-refractivity contribution in [3.63, 3.8) is 0 Å². The number of nitrogens with one attached hydrogen (secondary N) is 3. The van der Waals surface area contributed by atoms with E-state index >= 15 is 0 Å². The molecule has 0 fully saturated rings. The molecule has 7 nitrogen and oxygen atoms in total. The fourth-order valence-corrected chi connectivity index (χ4v) is 3.89. The maximum absolute atomic E-state index is 12.9. The second-order valence-corrected chi connectivity index (χ2v) is 8.33. The molecule has 0 aliphatic rings. The fourth-order valence-electron chi connectivity index (χ4n) is 3.89. The Morgan fingerprint density at radius 3 is 2.53 bits per heavy atom. The molecule has 0 saturated heterocycles. The molecule has 3 N–H and O–H groups in total. The molecule has 3 heterocycles. The SMILES string of the molecule is CC(C)c1cccc([C@@H](C)NC(=O)c2nc3cc4c(-c5ccncc5)n[nH]c4cc3[nH]2)c1. The Bertz CT molecular complexity index is 1420. The standard InChI is InChI=1S/C25H24N6O/c1-14(2)17-5-4-6-18(11-17)15(3)27-25(32)24-28-21-12-19-20(13-22(21)29-24)30-31-23(19)16-7-9-26-10-8-16/h4-15H,1-3H3,(H,27,32)(H,28,29)(H,30,31)/t15-/m1/s1. The van der Waals surface area contributed by atoms with Gasteiger partial charge in [-0.1, -0.05) is 38.1 Å². The number of H-pyrrole nitrogens is 2. The summed E-state index contributed by atoms with van der Waals surface area (Å²) >= 11 is 0. The number of benzene rings is 2. The first kappa shape index (κ1) is 19.9. The molecule has 32 heavy (non-hydrogen) atoms. The quantitative estimate of drug-likeness (QED) is 0.365. The van der Waals surface area contributed by atoms with Gasteiger partial charge in [-0.3, -0.25) is 14.9 Å². The maximum atomic E-state index is 12.9. The van der Waals surface area contributed by atoms with Crippen molar-refractivity contribution in [2.45, 2.75) is 32.7 Å². The molecule has 3 aromatic heterocycles. The van der Waals surface area contributed by atoms with Gasteiger partial charge in [0, 0.05) is 23.3 Å². The van der Waals surface area contributed by atoms with E-state index in [0.29, 0.717) is 11.4 Å². The van der Waals surface area contributed by atoms with Gasteiger partial charge in [-0.05, 0) is 48.2 Å². The van der Waals surface area contributed by atoms with Crippen LogP contribution < -0.4 is 5.32 Å². The predicted octanol–water partition coefficient (Wildman–Crippen LogP) is 5.12. The lowest BCUT2D eigenvalue weighted by Gasteiger charge is -2.15. The van der Waals surface area contributed by atoms with Crippen LogP contribution in [0.15, 0.2) is 60.9 Å². The van der Waals surface area contributed by atoms with Gasteiger partial charge in [0.15, 0.2) is 5.82 Å². The minimum absolute atomic E-state index is 0.133. The zero-order valence-corrected chi connectivity index (χ0v) is 18.2. The highest BCUT2D eigenvalue weighted by Gasteiger charge is 2.17. The average Bonchev–Trinajstić information content (AvgIpc) is 3.41. The molecule has 0 bridgehead atoms. The highest BCUT2D eigenvalue weighted by molar-refractivity contribution is 6.02. The molecule has 160 valence electrons. The number of rotatable bonds is 5. The molecule has 7 heteroatoms. The van der Waals surface area contributed by atoms with Crippen LogP contribution in [-0.2, 0) is 0 Å². The number of hydrogen-bond acceptors (Lipinski definition) is 4. The molecule has 0 spiro atoms. The lowest BCUT2D eigenvalue weighted by atomic mass is 9.98. The predicted molar refractivity (Wildman–Crippen MR) is 125 cm³/mol. The van der Waals surface area contributed by atoms with E-state index in [1.165, 1.54) is 5.56 Å². The first-order chi connectivity index (χ1) is 15.5. The van der Waals surface area contributed by atoms with Crippen molar-refractivity contribution >= 4 is 27.8 Å². The average molecular weight is 425 g/mol. The lowest BCUT2D eigenvalue weighted by molar-refractivity contribution is 0.0930. The molecule has 5 rings (SSSR count). The Morgan fingerprint density at radius 1 is 0.969 bits per heavy atom. The monoisotopic (exact) mass is 424 g/mol. The van der Waals surface area contributed by atoms with Gasteiger partial charge in [0.2, 0.25) is 0 Å². The van der Waals surface area contributed by atoms with Crippen molar-refractivity contribution in [3.05, 3.63) is 77.9 Å². The van der Waals surface area contributed by atoms with Crippen LogP contribution in [0.3, 0.4) is 0 Å². The Kier molecular flexibility index (Phi) is 4.93. The van der Waals surface area contributed by atoms with Crippen LogP contribution in [0, 0.1) is 0 Å². The zero-order chi connectivity index (χ0) is 22.2. The third kappa shape index (κ3) is 3.62. The minimum Gasteiger partial charge on any atom is -0.343 e. The first-order valence-corrected chi connectivity index (χ1v) is 10.7. The molecule has 1 amide bonds. The number of aromatic amines is 2. The number of hydrogen-bond donors (Lipinski definition) is 3. The van der Waals surface area contributed by atoms with E-state index in [9.17, 15) is 4.79 Å². The number of carbonyl (C=O) groups excluding carboxylic acids is 1. The summed E-state index contributed by atoms with van der Waals surface area (Å²) in [4.78, 5) is 24.7. The van der Waals surface area contributed by atoms with Gasteiger partial charge in [0.25, 0.3) is 5.91 Å². The zero-order valence-electron chi connectivity index (χ0n) is 18.2. The first-order valence-electron chi connectivity index (χ1n) is 10.7. The van der Waals surface area contributed by atoms with E-state index in [2.05, 4.69) is 56.4 Å². The van der Waals surface area contributed by atoms with E-state index in [1.54, 1.807) is 12.4 Å². The highest BCUT2D eigenvalue weighted by atomic mass is 16.2. The lowest BCUT2D eigenvalue weighted by Crippen LogP contribution is -2.27. The van der Waals surface area contributed by atoms with E-state index < -0.39 is 0 Å². The van der Waals surface area contributed by atoms with Crippen molar-refractivity contribution in [1.29, 1.82) is 0 Å². The van der Waals surface area contributed by atoms with Crippen LogP contribution >= 0.6 is 0 Å². The normalized spacial score (nSPS) is 12.5. The Morgan fingerprint density at radius 2 is 1.75 bits per heavy atom. The van der Waals surface area contributed by atoms with E-state index in [1.807, 2.05) is 43.3 Å². The van der Waals surface area contributed by atoms with Crippen LogP contribution in [-0.4, -0.2) is 31.1 Å². The van der Waals surface area contributed by atoms with Crippen molar-refractivity contribution in [1.82, 2.24) is 30.5 Å². The smallest absolute Gasteiger partial charge is 0.287 e. The van der Waals surface area contributed by atoms with Gasteiger partial charge in [-0.15, -0.1) is 0 Å². The van der Waals surface area contributed by atoms with Gasteiger partial charge >= 0.3 is 0 Å². The Labute approximate surface area is 185 Å². The van der Waals surface area contributed by atoms with Gasteiger partial charge < -0.3 is 10.3 Å². The number of aromatic nitrogens is 5. The molecule has 5 aromatic rings. The second-order valence-electron chi connectivity index (χ2n) is 8.33. The molecule has 0 radical (unpaired) electrons. The molecule has 0 unspecified atom stereocenters. The molecule has 2 aromatic carbocycles. The molecular weight excluding hydrogens is 400 g/mol. The van der Waals surface area contributed by atoms with Crippen LogP contribution in [0.25, 0.3) is 33.2 Å². The minimum atomic E-state index is -0.236. The number of fused-ring (bicyclic) bond motifs is 2. The summed E-state index contributed by atoms with van der Waals surface area (Å²) < 4.78 is 0. The number of carbonyl (C=O) groups is 1. The van der Waals surface area contributed by atoms with Gasteiger partial charge in [-0.25, -0.2) is 4.98 Å². The maximum Gasteiger partial charge on any atom is 0.287 e. The molecule has 1 atom stereocenters. The number of nitrogens with zero attached hydrogens (tertiary/aromatic N) is 3. The summed E-state index contributed by atoms with van der Waals surface area (Å²) in [6.45, 7) is 6.30. The van der Waals surface area contributed by atoms with Crippen molar-refractivity contribution in [2.24, 2.45) is 0 Å². The summed E-state index contributed by atoms with van der Waals surface area (Å²) in [5.74, 6) is 0.488. The Balaban J connectivity index is 1.43. The van der Waals surface area contributed by atoms with E-state index in [-0.39, 0.29) is 17.8 Å². The summed E-state index contributed by atoms with van der Waals surface area (Å²) in [6, 6.07) is 15.9. The van der Waals surface area contributed by atoms with Crippen LogP contribution in [0.5, 0.6) is 0 Å². The largest absolute Gasteiger partial charge is 0.343 e. The second kappa shape index (κ2) is 7.92. The summed E-state index contributed by atoms with van der Waals surface area (Å²) in [5, 5.41) is 11.5. The van der Waals surface area contributed by atoms with Crippen molar-refractivity contribution in [2.75, 3.05) is 0 Å². The number of amides is 1. The molecule has 0 aliphatic carbocycles. The molecule has 0 saturated carbocycles. The van der Waals surface area contributed by atoms with Gasteiger partial charge in [0.1, 0.15) is 5.69 Å². The Hall–Kier alpha value is -4.00. The van der Waals surface area contributed by atoms with Crippen molar-refractivity contribution < 1.29 is 4.79 Å².